The summed E-state index contributed by atoms with van der Waals surface area (Å²) in [6.45, 7) is 2.07. The molecule has 0 aliphatic carbocycles. The predicted molar refractivity (Wildman–Crippen MR) is 83.1 cm³/mol. The van der Waals surface area contributed by atoms with E-state index in [1.165, 1.54) is 0 Å². The van der Waals surface area contributed by atoms with Gasteiger partial charge in [-0.2, -0.15) is 10.1 Å². The number of hydrogen-bond acceptors (Lipinski definition) is 4. The van der Waals surface area contributed by atoms with Crippen LogP contribution in [0.5, 0.6) is 0 Å². The first kappa shape index (κ1) is 13.7. The zero-order valence-corrected chi connectivity index (χ0v) is 12.9. The van der Waals surface area contributed by atoms with E-state index in [1.54, 1.807) is 22.6 Å². The highest BCUT2D eigenvalue weighted by Gasteiger charge is 2.13. The van der Waals surface area contributed by atoms with Gasteiger partial charge in [-0.05, 0) is 41.6 Å². The molecule has 0 saturated heterocycles. The van der Waals surface area contributed by atoms with E-state index in [0.717, 1.165) is 21.9 Å². The second-order valence-corrected chi connectivity index (χ2v) is 6.03. The third-order valence-electron chi connectivity index (χ3n) is 2.72. The van der Waals surface area contributed by atoms with E-state index in [0.29, 0.717) is 10.7 Å². The van der Waals surface area contributed by atoms with Gasteiger partial charge in [0, 0.05) is 5.02 Å². The van der Waals surface area contributed by atoms with E-state index < -0.39 is 0 Å². The topological polar surface area (TPSA) is 43.6 Å². The third-order valence-corrected chi connectivity index (χ3v) is 4.01. The Morgan fingerprint density at radius 3 is 2.60 bits per heavy atom. The summed E-state index contributed by atoms with van der Waals surface area (Å²) in [7, 11) is 0. The minimum absolute atomic E-state index is 0.226. The first-order chi connectivity index (χ1) is 9.69. The second kappa shape index (κ2) is 5.60. The van der Waals surface area contributed by atoms with Crippen LogP contribution >= 0.6 is 35.0 Å². The van der Waals surface area contributed by atoms with Crippen molar-refractivity contribution in [3.05, 3.63) is 40.8 Å². The highest BCUT2D eigenvalue weighted by molar-refractivity contribution is 7.99. The largest absolute Gasteiger partial charge is 0.225 e. The van der Waals surface area contributed by atoms with E-state index in [1.807, 2.05) is 24.3 Å². The molecule has 0 aliphatic rings. The van der Waals surface area contributed by atoms with Crippen LogP contribution in [0.4, 0.5) is 0 Å². The lowest BCUT2D eigenvalue weighted by Gasteiger charge is -2.04. The quantitative estimate of drug-likeness (QED) is 0.410. The molecule has 3 rings (SSSR count). The van der Waals surface area contributed by atoms with Gasteiger partial charge in [0.05, 0.1) is 17.3 Å². The van der Waals surface area contributed by atoms with Gasteiger partial charge in [0.15, 0.2) is 5.65 Å². The smallest absolute Gasteiger partial charge is 0.215 e. The van der Waals surface area contributed by atoms with Gasteiger partial charge in [0.2, 0.25) is 5.28 Å². The fourth-order valence-corrected chi connectivity index (χ4v) is 2.94. The fraction of sp³-hybridized carbons (Fsp3) is 0.154. The van der Waals surface area contributed by atoms with Crippen molar-refractivity contribution in [2.75, 3.05) is 5.75 Å². The summed E-state index contributed by atoms with van der Waals surface area (Å²) in [5, 5.41) is 7.03. The average molecular weight is 325 g/mol. The highest BCUT2D eigenvalue weighted by Crippen LogP contribution is 2.27. The zero-order valence-electron chi connectivity index (χ0n) is 10.5. The van der Waals surface area contributed by atoms with Crippen molar-refractivity contribution < 1.29 is 0 Å². The molecule has 4 nitrogen and oxygen atoms in total. The lowest BCUT2D eigenvalue weighted by Crippen LogP contribution is -1.98. The molecule has 1 aromatic carbocycles. The van der Waals surface area contributed by atoms with Crippen LogP contribution in [0.15, 0.2) is 35.5 Å². The van der Waals surface area contributed by atoms with Crippen LogP contribution in [-0.2, 0) is 0 Å². The fourth-order valence-electron chi connectivity index (χ4n) is 1.87. The van der Waals surface area contributed by atoms with Gasteiger partial charge < -0.3 is 0 Å². The van der Waals surface area contributed by atoms with E-state index in [9.17, 15) is 0 Å². The minimum atomic E-state index is 0.226. The average Bonchev–Trinajstić information content (AvgIpc) is 2.84. The van der Waals surface area contributed by atoms with Crippen LogP contribution < -0.4 is 0 Å². The van der Waals surface area contributed by atoms with Crippen LogP contribution in [0.3, 0.4) is 0 Å². The molecular weight excluding hydrogens is 315 g/mol. The summed E-state index contributed by atoms with van der Waals surface area (Å²) in [6.07, 6.45) is 1.76. The molecule has 7 heteroatoms. The van der Waals surface area contributed by atoms with Crippen molar-refractivity contribution in [3.8, 4) is 5.69 Å². The van der Waals surface area contributed by atoms with Crippen LogP contribution in [-0.4, -0.2) is 25.5 Å². The van der Waals surface area contributed by atoms with Crippen molar-refractivity contribution >= 4 is 46.0 Å². The first-order valence-electron chi connectivity index (χ1n) is 5.99. The Morgan fingerprint density at radius 1 is 1.15 bits per heavy atom. The second-order valence-electron chi connectivity index (χ2n) is 4.00. The van der Waals surface area contributed by atoms with Gasteiger partial charge in [0.25, 0.3) is 0 Å². The molecule has 2 heterocycles. The maximum atomic E-state index is 6.00. The van der Waals surface area contributed by atoms with Crippen molar-refractivity contribution in [3.63, 3.8) is 0 Å². The number of nitrogens with zero attached hydrogens (tertiary/aromatic N) is 4. The predicted octanol–water partition coefficient (Wildman–Crippen LogP) is 4.23. The summed E-state index contributed by atoms with van der Waals surface area (Å²) in [6, 6.07) is 7.40. The van der Waals surface area contributed by atoms with Gasteiger partial charge in [-0.1, -0.05) is 18.5 Å². The molecule has 0 atom stereocenters. The molecule has 2 aromatic heterocycles. The lowest BCUT2D eigenvalue weighted by atomic mass is 10.3. The molecule has 3 aromatic rings. The normalized spacial score (nSPS) is 11.2. The Morgan fingerprint density at radius 2 is 1.90 bits per heavy atom. The highest BCUT2D eigenvalue weighted by atomic mass is 35.5. The van der Waals surface area contributed by atoms with E-state index in [-0.39, 0.29) is 5.28 Å². The molecule has 0 amide bonds. The zero-order chi connectivity index (χ0) is 14.1. The monoisotopic (exact) mass is 324 g/mol. The number of hydrogen-bond donors (Lipinski definition) is 0. The minimum Gasteiger partial charge on any atom is -0.215 e. The summed E-state index contributed by atoms with van der Waals surface area (Å²) in [5.74, 6) is 0.911. The van der Waals surface area contributed by atoms with Crippen molar-refractivity contribution in [1.82, 2.24) is 19.7 Å². The Bertz CT molecular complexity index is 755. The molecule has 0 unspecified atom stereocenters. The van der Waals surface area contributed by atoms with Crippen LogP contribution in [0, 0.1) is 0 Å². The molecule has 0 bridgehead atoms. The van der Waals surface area contributed by atoms with Crippen LogP contribution in [0.1, 0.15) is 6.92 Å². The Kier molecular flexibility index (Phi) is 3.83. The van der Waals surface area contributed by atoms with E-state index in [4.69, 9.17) is 23.2 Å². The van der Waals surface area contributed by atoms with Gasteiger partial charge >= 0.3 is 0 Å². The van der Waals surface area contributed by atoms with Gasteiger partial charge in [-0.15, -0.1) is 11.8 Å². The molecule has 0 radical (unpaired) electrons. The number of halogens is 2. The lowest BCUT2D eigenvalue weighted by molar-refractivity contribution is 0.893. The Hall–Kier alpha value is -1.30. The van der Waals surface area contributed by atoms with Gasteiger partial charge in [-0.25, -0.2) is 9.67 Å². The number of benzene rings is 1. The standard InChI is InChI=1S/C13H10Cl2N4S/c1-2-20-12-10-7-16-19(11(10)17-13(15)18-12)9-5-3-8(14)4-6-9/h3-7H,2H2,1H3. The molecule has 0 saturated carbocycles. The molecular formula is C13H10Cl2N4S. The molecule has 0 fully saturated rings. The molecule has 0 N–H and O–H groups in total. The van der Waals surface area contributed by atoms with Crippen molar-refractivity contribution in [1.29, 1.82) is 0 Å². The molecule has 20 heavy (non-hydrogen) atoms. The molecule has 102 valence electrons. The molecule has 0 aliphatic heterocycles. The van der Waals surface area contributed by atoms with Crippen molar-refractivity contribution in [2.24, 2.45) is 0 Å². The third kappa shape index (κ3) is 2.49. The maximum Gasteiger partial charge on any atom is 0.225 e. The van der Waals surface area contributed by atoms with Crippen LogP contribution in [0.25, 0.3) is 16.7 Å². The maximum absolute atomic E-state index is 6.00. The van der Waals surface area contributed by atoms with Gasteiger partial charge in [-0.3, -0.25) is 0 Å². The first-order valence-corrected chi connectivity index (χ1v) is 7.73. The summed E-state index contributed by atoms with van der Waals surface area (Å²) < 4.78 is 1.74. The summed E-state index contributed by atoms with van der Waals surface area (Å²) >= 11 is 13.5. The van der Waals surface area contributed by atoms with Crippen LogP contribution in [0.2, 0.25) is 10.3 Å². The van der Waals surface area contributed by atoms with E-state index in [2.05, 4.69) is 22.0 Å². The summed E-state index contributed by atoms with van der Waals surface area (Å²) in [4.78, 5) is 8.54. The number of aromatic nitrogens is 4. The SMILES string of the molecule is CCSc1nc(Cl)nc2c1cnn2-c1ccc(Cl)cc1. The van der Waals surface area contributed by atoms with Crippen molar-refractivity contribution in [2.45, 2.75) is 11.9 Å². The summed E-state index contributed by atoms with van der Waals surface area (Å²) in [5.41, 5.74) is 1.58. The van der Waals surface area contributed by atoms with E-state index >= 15 is 0 Å². The molecule has 0 spiro atoms. The van der Waals surface area contributed by atoms with Gasteiger partial charge in [0.1, 0.15) is 5.03 Å². The Balaban J connectivity index is 2.20. The number of fused-ring (bicyclic) bond motifs is 1. The number of thioether (sulfide) groups is 1. The Labute approximate surface area is 130 Å². The number of rotatable bonds is 3.